The highest BCUT2D eigenvalue weighted by molar-refractivity contribution is 7.92. The van der Waals surface area contributed by atoms with Gasteiger partial charge in [-0.3, -0.25) is 10.0 Å². The number of halogens is 2. The van der Waals surface area contributed by atoms with Gasteiger partial charge in [0, 0.05) is 6.08 Å². The first-order chi connectivity index (χ1) is 12.3. The van der Waals surface area contributed by atoms with E-state index >= 15 is 0 Å². The number of nitrogens with zero attached hydrogens (tertiary/aromatic N) is 1. The smallest absolute Gasteiger partial charge is 0.288 e. The predicted octanol–water partition coefficient (Wildman–Crippen LogP) is 2.55. The lowest BCUT2D eigenvalue weighted by molar-refractivity contribution is -0.124. The summed E-state index contributed by atoms with van der Waals surface area (Å²) < 4.78 is 51.1. The number of nitrogens with one attached hydrogen (secondary N) is 1. The molecule has 0 heterocycles. The molecule has 0 radical (unpaired) electrons. The number of hydroxylamine groups is 1. The highest BCUT2D eigenvalue weighted by atomic mass is 32.2. The standard InChI is InChI=1S/C16H14F2N2O5S/c17-16(18)25-20(13-6-2-1-3-7-13)26(23,24)14-8-4-5-12(11-14)9-10-15(21)19-22/h1-11,16,22H,(H,19,21). The molecule has 2 N–H and O–H groups in total. The van der Waals surface area contributed by atoms with Crippen LogP contribution in [0.3, 0.4) is 0 Å². The molecule has 0 aromatic heterocycles. The van der Waals surface area contributed by atoms with Gasteiger partial charge >= 0.3 is 6.61 Å². The number of alkyl halides is 2. The third-order valence-corrected chi connectivity index (χ3v) is 4.64. The van der Waals surface area contributed by atoms with Crippen LogP contribution in [0.2, 0.25) is 0 Å². The quantitative estimate of drug-likeness (QED) is 0.435. The molecule has 0 unspecified atom stereocenters. The SMILES string of the molecule is O=C(C=Cc1cccc(S(=O)(=O)N(OC(F)F)c2ccccc2)c1)NO. The Morgan fingerprint density at radius 3 is 2.46 bits per heavy atom. The van der Waals surface area contributed by atoms with Crippen molar-refractivity contribution >= 4 is 27.7 Å². The van der Waals surface area contributed by atoms with Crippen LogP contribution in [0.4, 0.5) is 14.5 Å². The van der Waals surface area contributed by atoms with E-state index in [0.29, 0.717) is 5.56 Å². The molecule has 0 bridgehead atoms. The van der Waals surface area contributed by atoms with E-state index in [1.165, 1.54) is 60.1 Å². The van der Waals surface area contributed by atoms with Crippen molar-refractivity contribution < 1.29 is 32.0 Å². The summed E-state index contributed by atoms with van der Waals surface area (Å²) in [7, 11) is -4.47. The maximum absolute atomic E-state index is 12.7. The van der Waals surface area contributed by atoms with Gasteiger partial charge in [-0.25, -0.2) is 5.48 Å². The van der Waals surface area contributed by atoms with Gasteiger partial charge < -0.3 is 0 Å². The lowest BCUT2D eigenvalue weighted by atomic mass is 10.2. The summed E-state index contributed by atoms with van der Waals surface area (Å²) in [5.41, 5.74) is 1.57. The van der Waals surface area contributed by atoms with E-state index in [1.807, 2.05) is 0 Å². The number of sulfonamides is 1. The first-order valence-electron chi connectivity index (χ1n) is 7.12. The zero-order valence-corrected chi connectivity index (χ0v) is 13.9. The number of hydrogen-bond acceptors (Lipinski definition) is 5. The molecule has 7 nitrogen and oxygen atoms in total. The number of carbonyl (C=O) groups excluding carboxylic acids is 1. The second kappa shape index (κ2) is 8.52. The Hall–Kier alpha value is -2.82. The lowest BCUT2D eigenvalue weighted by Crippen LogP contribution is -2.33. The van der Waals surface area contributed by atoms with Crippen LogP contribution in [0.1, 0.15) is 5.56 Å². The third kappa shape index (κ3) is 4.85. The van der Waals surface area contributed by atoms with E-state index in [0.717, 1.165) is 6.08 Å². The number of benzene rings is 2. The van der Waals surface area contributed by atoms with Gasteiger partial charge in [0.2, 0.25) is 0 Å². The van der Waals surface area contributed by atoms with E-state index < -0.39 is 22.5 Å². The van der Waals surface area contributed by atoms with Crippen LogP contribution in [0.5, 0.6) is 0 Å². The normalized spacial score (nSPS) is 11.7. The van der Waals surface area contributed by atoms with Gasteiger partial charge in [-0.1, -0.05) is 30.3 Å². The molecular formula is C16H14F2N2O5S. The van der Waals surface area contributed by atoms with Crippen molar-refractivity contribution in [2.45, 2.75) is 11.5 Å². The fourth-order valence-corrected chi connectivity index (χ4v) is 3.27. The van der Waals surface area contributed by atoms with Gasteiger partial charge in [0.1, 0.15) is 0 Å². The van der Waals surface area contributed by atoms with Gasteiger partial charge in [0.15, 0.2) is 0 Å². The molecule has 0 fully saturated rings. The van der Waals surface area contributed by atoms with Gasteiger partial charge in [-0.2, -0.15) is 22.0 Å². The van der Waals surface area contributed by atoms with Crippen LogP contribution in [-0.2, 0) is 19.7 Å². The zero-order chi connectivity index (χ0) is 19.2. The number of amides is 1. The van der Waals surface area contributed by atoms with E-state index in [1.54, 1.807) is 6.07 Å². The Morgan fingerprint density at radius 2 is 1.85 bits per heavy atom. The minimum Gasteiger partial charge on any atom is -0.288 e. The minimum atomic E-state index is -4.47. The number of anilines is 1. The maximum Gasteiger partial charge on any atom is 0.366 e. The predicted molar refractivity (Wildman–Crippen MR) is 88.6 cm³/mol. The number of carbonyl (C=O) groups is 1. The molecule has 0 saturated carbocycles. The average molecular weight is 384 g/mol. The fraction of sp³-hybridized carbons (Fsp3) is 0.0625. The van der Waals surface area contributed by atoms with Crippen molar-refractivity contribution in [1.29, 1.82) is 0 Å². The van der Waals surface area contributed by atoms with Gasteiger partial charge in [-0.15, -0.1) is 4.47 Å². The highest BCUT2D eigenvalue weighted by Crippen LogP contribution is 2.26. The van der Waals surface area contributed by atoms with Crippen LogP contribution in [0.25, 0.3) is 6.08 Å². The van der Waals surface area contributed by atoms with Crippen molar-refractivity contribution in [2.75, 3.05) is 4.47 Å². The molecule has 2 aromatic carbocycles. The largest absolute Gasteiger partial charge is 0.366 e. The zero-order valence-electron chi connectivity index (χ0n) is 13.1. The van der Waals surface area contributed by atoms with Crippen molar-refractivity contribution in [3.05, 3.63) is 66.2 Å². The van der Waals surface area contributed by atoms with Crippen LogP contribution in [0.15, 0.2) is 65.6 Å². The molecule has 0 aliphatic rings. The van der Waals surface area contributed by atoms with Crippen molar-refractivity contribution in [3.8, 4) is 0 Å². The summed E-state index contributed by atoms with van der Waals surface area (Å²) in [6, 6.07) is 12.4. The van der Waals surface area contributed by atoms with Crippen molar-refractivity contribution in [1.82, 2.24) is 5.48 Å². The van der Waals surface area contributed by atoms with Crippen LogP contribution in [0, 0.1) is 0 Å². The summed E-state index contributed by atoms with van der Waals surface area (Å²) in [4.78, 5) is 14.9. The first kappa shape index (κ1) is 19.5. The van der Waals surface area contributed by atoms with E-state index in [9.17, 15) is 22.0 Å². The Balaban J connectivity index is 2.43. The van der Waals surface area contributed by atoms with Gasteiger partial charge in [-0.05, 0) is 35.9 Å². The molecule has 10 heteroatoms. The molecule has 2 rings (SSSR count). The molecule has 0 aliphatic carbocycles. The second-order valence-corrected chi connectivity index (χ2v) is 6.57. The number of para-hydroxylation sites is 1. The molecular weight excluding hydrogens is 370 g/mol. The van der Waals surface area contributed by atoms with E-state index in [-0.39, 0.29) is 15.1 Å². The van der Waals surface area contributed by atoms with E-state index in [2.05, 4.69) is 4.84 Å². The Labute approximate surface area is 148 Å². The molecule has 0 saturated heterocycles. The highest BCUT2D eigenvalue weighted by Gasteiger charge is 2.29. The average Bonchev–Trinajstić information content (AvgIpc) is 2.64. The van der Waals surface area contributed by atoms with Gasteiger partial charge in [0.05, 0.1) is 10.6 Å². The molecule has 0 aliphatic heterocycles. The Kier molecular flexibility index (Phi) is 6.39. The molecule has 26 heavy (non-hydrogen) atoms. The summed E-state index contributed by atoms with van der Waals surface area (Å²) in [5, 5.41) is 8.44. The molecule has 0 spiro atoms. The molecule has 138 valence electrons. The first-order valence-corrected chi connectivity index (χ1v) is 8.56. The van der Waals surface area contributed by atoms with Gasteiger partial charge in [0.25, 0.3) is 15.9 Å². The van der Waals surface area contributed by atoms with Crippen LogP contribution in [-0.4, -0.2) is 26.1 Å². The molecule has 1 amide bonds. The second-order valence-electron chi connectivity index (χ2n) is 4.82. The maximum atomic E-state index is 12.7. The number of rotatable bonds is 7. The Morgan fingerprint density at radius 1 is 1.15 bits per heavy atom. The van der Waals surface area contributed by atoms with Crippen LogP contribution < -0.4 is 9.95 Å². The van der Waals surface area contributed by atoms with E-state index in [4.69, 9.17) is 5.21 Å². The summed E-state index contributed by atoms with van der Waals surface area (Å²) in [5.74, 6) is -0.815. The van der Waals surface area contributed by atoms with Crippen molar-refractivity contribution in [3.63, 3.8) is 0 Å². The molecule has 2 aromatic rings. The minimum absolute atomic E-state index is 0.103. The van der Waals surface area contributed by atoms with Crippen molar-refractivity contribution in [2.24, 2.45) is 0 Å². The fourth-order valence-electron chi connectivity index (χ4n) is 1.96. The third-order valence-electron chi connectivity index (χ3n) is 3.05. The topological polar surface area (TPSA) is 95.9 Å². The lowest BCUT2D eigenvalue weighted by Gasteiger charge is -2.22. The monoisotopic (exact) mass is 384 g/mol. The van der Waals surface area contributed by atoms with Crippen LogP contribution >= 0.6 is 0 Å². The number of hydrogen-bond donors (Lipinski definition) is 2. The summed E-state index contributed by atoms with van der Waals surface area (Å²) in [6.07, 6.45) is 2.21. The summed E-state index contributed by atoms with van der Waals surface area (Å²) >= 11 is 0. The Bertz CT molecular complexity index is 889. The molecule has 0 atom stereocenters. The summed E-state index contributed by atoms with van der Waals surface area (Å²) in [6.45, 7) is -3.36.